The molecule has 0 amide bonds. The highest BCUT2D eigenvalue weighted by atomic mass is 16.6. The van der Waals surface area contributed by atoms with Gasteiger partial charge in [0, 0.05) is 0 Å². The summed E-state index contributed by atoms with van der Waals surface area (Å²) in [6, 6.07) is 18.2. The van der Waals surface area contributed by atoms with Gasteiger partial charge in [0.25, 0.3) is 0 Å². The van der Waals surface area contributed by atoms with Gasteiger partial charge in [-0.15, -0.1) is 0 Å². The van der Waals surface area contributed by atoms with Crippen LogP contribution in [0.15, 0.2) is 54.6 Å². The monoisotopic (exact) mass is 254 g/mol. The lowest BCUT2D eigenvalue weighted by Crippen LogP contribution is -2.09. The van der Waals surface area contributed by atoms with Crippen LogP contribution in [-0.2, 0) is 14.3 Å². The Bertz CT molecular complexity index is 575. The molecule has 0 aliphatic carbocycles. The third kappa shape index (κ3) is 2.37. The summed E-state index contributed by atoms with van der Waals surface area (Å²) in [6.45, 7) is 0. The number of hydrogen-bond donors (Lipinski definition) is 0. The second kappa shape index (κ2) is 4.86. The molecule has 0 radical (unpaired) electrons. The van der Waals surface area contributed by atoms with Crippen molar-refractivity contribution < 1.29 is 14.3 Å². The van der Waals surface area contributed by atoms with Gasteiger partial charge in [-0.2, -0.15) is 0 Å². The lowest BCUT2D eigenvalue weighted by atomic mass is 10.0. The van der Waals surface area contributed by atoms with Crippen molar-refractivity contribution in [2.24, 2.45) is 0 Å². The lowest BCUT2D eigenvalue weighted by Gasteiger charge is -2.02. The van der Waals surface area contributed by atoms with Crippen molar-refractivity contribution in [2.75, 3.05) is 7.11 Å². The molecule has 3 nitrogen and oxygen atoms in total. The molecule has 0 bridgehead atoms. The van der Waals surface area contributed by atoms with E-state index in [9.17, 15) is 4.79 Å². The fourth-order valence-electron chi connectivity index (χ4n) is 2.16. The van der Waals surface area contributed by atoms with E-state index in [0.29, 0.717) is 0 Å². The number of epoxide rings is 1. The Morgan fingerprint density at radius 3 is 2.26 bits per heavy atom. The zero-order chi connectivity index (χ0) is 13.2. The minimum Gasteiger partial charge on any atom is -0.467 e. The molecule has 2 atom stereocenters. The SMILES string of the molecule is COC(=O)[C@@H]1O[C@H]1c1ccc(-c2ccccc2)cc1. The maximum absolute atomic E-state index is 11.3. The average Bonchev–Trinajstić information content (AvgIpc) is 3.28. The van der Waals surface area contributed by atoms with Gasteiger partial charge in [0.05, 0.1) is 7.11 Å². The number of hydrogen-bond acceptors (Lipinski definition) is 3. The Morgan fingerprint density at radius 1 is 1.00 bits per heavy atom. The van der Waals surface area contributed by atoms with Crippen LogP contribution in [0.3, 0.4) is 0 Å². The van der Waals surface area contributed by atoms with Gasteiger partial charge in [-0.05, 0) is 16.7 Å². The molecule has 1 heterocycles. The van der Waals surface area contributed by atoms with Crippen LogP contribution in [0, 0.1) is 0 Å². The molecule has 0 aromatic heterocycles. The normalized spacial score (nSPS) is 20.9. The minimum atomic E-state index is -0.437. The van der Waals surface area contributed by atoms with Crippen LogP contribution in [0.4, 0.5) is 0 Å². The predicted octanol–water partition coefficient (Wildman–Crippen LogP) is 2.97. The highest BCUT2D eigenvalue weighted by molar-refractivity contribution is 5.78. The van der Waals surface area contributed by atoms with Crippen molar-refractivity contribution in [2.45, 2.75) is 12.2 Å². The number of esters is 1. The third-order valence-corrected chi connectivity index (χ3v) is 3.27. The lowest BCUT2D eigenvalue weighted by molar-refractivity contribution is -0.142. The Labute approximate surface area is 111 Å². The van der Waals surface area contributed by atoms with Crippen LogP contribution in [-0.4, -0.2) is 19.2 Å². The second-order valence-electron chi connectivity index (χ2n) is 4.49. The van der Waals surface area contributed by atoms with E-state index in [2.05, 4.69) is 16.9 Å². The van der Waals surface area contributed by atoms with Gasteiger partial charge in [-0.1, -0.05) is 54.6 Å². The van der Waals surface area contributed by atoms with Gasteiger partial charge in [0.15, 0.2) is 6.10 Å². The topological polar surface area (TPSA) is 38.8 Å². The molecule has 1 aliphatic rings. The molecule has 19 heavy (non-hydrogen) atoms. The van der Waals surface area contributed by atoms with E-state index in [1.54, 1.807) is 0 Å². The minimum absolute atomic E-state index is 0.155. The number of benzene rings is 2. The first kappa shape index (κ1) is 11.9. The van der Waals surface area contributed by atoms with Gasteiger partial charge < -0.3 is 9.47 Å². The molecule has 0 spiro atoms. The van der Waals surface area contributed by atoms with Crippen LogP contribution in [0.1, 0.15) is 11.7 Å². The van der Waals surface area contributed by atoms with Crippen molar-refractivity contribution in [3.63, 3.8) is 0 Å². The van der Waals surface area contributed by atoms with E-state index in [-0.39, 0.29) is 12.1 Å². The quantitative estimate of drug-likeness (QED) is 0.624. The molecule has 1 aliphatic heterocycles. The third-order valence-electron chi connectivity index (χ3n) is 3.27. The number of ether oxygens (including phenoxy) is 2. The summed E-state index contributed by atoms with van der Waals surface area (Å²) in [6.07, 6.45) is -0.593. The van der Waals surface area contributed by atoms with Gasteiger partial charge in [-0.25, -0.2) is 4.79 Å². The maximum Gasteiger partial charge on any atom is 0.338 e. The maximum atomic E-state index is 11.3. The van der Waals surface area contributed by atoms with Crippen molar-refractivity contribution in [3.8, 4) is 11.1 Å². The second-order valence-corrected chi connectivity index (χ2v) is 4.49. The Hall–Kier alpha value is -2.13. The number of rotatable bonds is 3. The zero-order valence-corrected chi connectivity index (χ0v) is 10.6. The molecule has 3 heteroatoms. The molecule has 2 aromatic rings. The summed E-state index contributed by atoms with van der Waals surface area (Å²) in [5, 5.41) is 0. The molecule has 3 rings (SSSR count). The first-order valence-electron chi connectivity index (χ1n) is 6.18. The first-order chi connectivity index (χ1) is 9.29. The molecule has 0 saturated carbocycles. The molecule has 96 valence electrons. The van der Waals surface area contributed by atoms with E-state index in [1.807, 2.05) is 42.5 Å². The summed E-state index contributed by atoms with van der Waals surface area (Å²) >= 11 is 0. The summed E-state index contributed by atoms with van der Waals surface area (Å²) in [7, 11) is 1.37. The number of carbonyl (C=O) groups is 1. The zero-order valence-electron chi connectivity index (χ0n) is 10.6. The van der Waals surface area contributed by atoms with E-state index >= 15 is 0 Å². The van der Waals surface area contributed by atoms with E-state index in [1.165, 1.54) is 12.7 Å². The largest absolute Gasteiger partial charge is 0.467 e. The van der Waals surface area contributed by atoms with Crippen molar-refractivity contribution in [1.29, 1.82) is 0 Å². The van der Waals surface area contributed by atoms with E-state index < -0.39 is 6.10 Å². The fourth-order valence-corrected chi connectivity index (χ4v) is 2.16. The Balaban J connectivity index is 1.76. The molecule has 1 saturated heterocycles. The van der Waals surface area contributed by atoms with Crippen molar-refractivity contribution >= 4 is 5.97 Å². The summed E-state index contributed by atoms with van der Waals surface area (Å²) in [5.41, 5.74) is 3.34. The molecule has 1 fully saturated rings. The highest BCUT2D eigenvalue weighted by Crippen LogP contribution is 2.39. The average molecular weight is 254 g/mol. The van der Waals surface area contributed by atoms with Crippen molar-refractivity contribution in [1.82, 2.24) is 0 Å². The van der Waals surface area contributed by atoms with Crippen LogP contribution in [0.2, 0.25) is 0 Å². The van der Waals surface area contributed by atoms with Crippen LogP contribution >= 0.6 is 0 Å². The molecule has 0 unspecified atom stereocenters. The summed E-state index contributed by atoms with van der Waals surface area (Å²) in [4.78, 5) is 11.3. The molecular weight excluding hydrogens is 240 g/mol. The van der Waals surface area contributed by atoms with Crippen LogP contribution in [0.5, 0.6) is 0 Å². The van der Waals surface area contributed by atoms with E-state index in [4.69, 9.17) is 4.74 Å². The van der Waals surface area contributed by atoms with Crippen molar-refractivity contribution in [3.05, 3.63) is 60.2 Å². The smallest absolute Gasteiger partial charge is 0.338 e. The first-order valence-corrected chi connectivity index (χ1v) is 6.18. The summed E-state index contributed by atoms with van der Waals surface area (Å²) < 4.78 is 9.98. The number of carbonyl (C=O) groups excluding carboxylic acids is 1. The standard InChI is InChI=1S/C16H14O3/c1-18-16(17)15-14(19-15)13-9-7-12(8-10-13)11-5-3-2-4-6-11/h2-10,14-15H,1H3/t14-,15+/m0/s1. The number of methoxy groups -OCH3 is 1. The highest BCUT2D eigenvalue weighted by Gasteiger charge is 2.47. The van der Waals surface area contributed by atoms with Gasteiger partial charge in [0.1, 0.15) is 6.10 Å². The van der Waals surface area contributed by atoms with Crippen LogP contribution < -0.4 is 0 Å². The fraction of sp³-hybridized carbons (Fsp3) is 0.188. The van der Waals surface area contributed by atoms with Gasteiger partial charge in [-0.3, -0.25) is 0 Å². The van der Waals surface area contributed by atoms with Crippen LogP contribution in [0.25, 0.3) is 11.1 Å². The molecule has 0 N–H and O–H groups in total. The van der Waals surface area contributed by atoms with Gasteiger partial charge in [0.2, 0.25) is 0 Å². The van der Waals surface area contributed by atoms with E-state index in [0.717, 1.165) is 11.1 Å². The summed E-state index contributed by atoms with van der Waals surface area (Å²) in [5.74, 6) is -0.308. The van der Waals surface area contributed by atoms with Gasteiger partial charge >= 0.3 is 5.97 Å². The predicted molar refractivity (Wildman–Crippen MR) is 71.5 cm³/mol. The molecule has 2 aromatic carbocycles. The Kier molecular flexibility index (Phi) is 3.05. The molecular formula is C16H14O3. The Morgan fingerprint density at radius 2 is 1.63 bits per heavy atom.